The number of nitrogens with zero attached hydrogens (tertiary/aromatic N) is 3. The van der Waals surface area contributed by atoms with E-state index in [9.17, 15) is 4.79 Å². The van der Waals surface area contributed by atoms with Crippen LogP contribution in [0.2, 0.25) is 5.02 Å². The zero-order valence-electron chi connectivity index (χ0n) is 14.4. The lowest BCUT2D eigenvalue weighted by molar-refractivity contribution is 0.0704. The molecule has 0 atom stereocenters. The van der Waals surface area contributed by atoms with E-state index < -0.39 is 0 Å². The van der Waals surface area contributed by atoms with Gasteiger partial charge in [-0.1, -0.05) is 38.8 Å². The monoisotopic (exact) mass is 445 g/mol. The maximum atomic E-state index is 12.7. The molecule has 0 aliphatic carbocycles. The summed E-state index contributed by atoms with van der Waals surface area (Å²) in [5, 5.41) is 4.76. The van der Waals surface area contributed by atoms with E-state index in [2.05, 4.69) is 26.1 Å². The van der Waals surface area contributed by atoms with Crippen LogP contribution in [0, 0.1) is 0 Å². The number of piperidine rings is 1. The third-order valence-corrected chi connectivity index (χ3v) is 5.49. The van der Waals surface area contributed by atoms with Gasteiger partial charge in [0, 0.05) is 39.6 Å². The zero-order valence-corrected chi connectivity index (χ0v) is 16.8. The maximum Gasteiger partial charge on any atom is 0.253 e. The summed E-state index contributed by atoms with van der Waals surface area (Å²) >= 11 is 9.33. The van der Waals surface area contributed by atoms with Crippen LogP contribution in [0.1, 0.15) is 35.0 Å². The van der Waals surface area contributed by atoms with Crippen molar-refractivity contribution in [3.05, 3.63) is 69.5 Å². The Kier molecular flexibility index (Phi) is 5.27. The van der Waals surface area contributed by atoms with Crippen molar-refractivity contribution >= 4 is 33.4 Å². The van der Waals surface area contributed by atoms with Gasteiger partial charge in [-0.15, -0.1) is 0 Å². The van der Waals surface area contributed by atoms with Crippen LogP contribution < -0.4 is 0 Å². The van der Waals surface area contributed by atoms with Crippen LogP contribution >= 0.6 is 27.5 Å². The van der Waals surface area contributed by atoms with Crippen molar-refractivity contribution < 1.29 is 9.32 Å². The Morgan fingerprint density at radius 3 is 2.59 bits per heavy atom. The molecule has 1 aliphatic heterocycles. The van der Waals surface area contributed by atoms with Gasteiger partial charge in [0.15, 0.2) is 0 Å². The minimum absolute atomic E-state index is 0.0575. The summed E-state index contributed by atoms with van der Waals surface area (Å²) < 4.78 is 6.39. The van der Waals surface area contributed by atoms with Crippen molar-refractivity contribution in [2.75, 3.05) is 13.1 Å². The summed E-state index contributed by atoms with van der Waals surface area (Å²) in [6, 6.07) is 14.8. The van der Waals surface area contributed by atoms with Crippen LogP contribution in [0.15, 0.2) is 57.5 Å². The highest BCUT2D eigenvalue weighted by molar-refractivity contribution is 9.10. The topological polar surface area (TPSA) is 59.2 Å². The van der Waals surface area contributed by atoms with Crippen LogP contribution in [-0.2, 0) is 0 Å². The molecule has 138 valence electrons. The number of hydrogen-bond acceptors (Lipinski definition) is 4. The second-order valence-corrected chi connectivity index (χ2v) is 7.89. The fourth-order valence-electron chi connectivity index (χ4n) is 3.25. The number of amides is 1. The average Bonchev–Trinajstić information content (AvgIpc) is 3.18. The molecule has 0 N–H and O–H groups in total. The minimum atomic E-state index is 0.0575. The van der Waals surface area contributed by atoms with Crippen molar-refractivity contribution in [1.82, 2.24) is 15.0 Å². The Balaban J connectivity index is 1.41. The molecule has 1 aliphatic rings. The van der Waals surface area contributed by atoms with Crippen molar-refractivity contribution in [2.24, 2.45) is 0 Å². The van der Waals surface area contributed by atoms with Gasteiger partial charge >= 0.3 is 0 Å². The quantitative estimate of drug-likeness (QED) is 0.557. The van der Waals surface area contributed by atoms with Crippen LogP contribution in [0.3, 0.4) is 0 Å². The van der Waals surface area contributed by atoms with Gasteiger partial charge in [-0.05, 0) is 55.3 Å². The second-order valence-electron chi connectivity index (χ2n) is 6.54. The van der Waals surface area contributed by atoms with E-state index in [4.69, 9.17) is 16.1 Å². The first-order chi connectivity index (χ1) is 13.1. The van der Waals surface area contributed by atoms with Crippen LogP contribution in [0.25, 0.3) is 11.4 Å². The first-order valence-corrected chi connectivity index (χ1v) is 9.91. The summed E-state index contributed by atoms with van der Waals surface area (Å²) in [4.78, 5) is 19.1. The molecule has 0 bridgehead atoms. The summed E-state index contributed by atoms with van der Waals surface area (Å²) in [7, 11) is 0. The zero-order chi connectivity index (χ0) is 18.8. The van der Waals surface area contributed by atoms with E-state index in [1.807, 2.05) is 41.3 Å². The second kappa shape index (κ2) is 7.82. The third kappa shape index (κ3) is 4.06. The normalized spacial score (nSPS) is 15.1. The van der Waals surface area contributed by atoms with Crippen molar-refractivity contribution in [1.29, 1.82) is 0 Å². The van der Waals surface area contributed by atoms with Gasteiger partial charge in [0.2, 0.25) is 11.7 Å². The van der Waals surface area contributed by atoms with Crippen LogP contribution in [0.4, 0.5) is 0 Å². The average molecular weight is 447 g/mol. The molecule has 27 heavy (non-hydrogen) atoms. The highest BCUT2D eigenvalue weighted by atomic mass is 79.9. The molecule has 1 saturated heterocycles. The Morgan fingerprint density at radius 2 is 1.89 bits per heavy atom. The van der Waals surface area contributed by atoms with Crippen LogP contribution in [0.5, 0.6) is 0 Å². The molecule has 5 nitrogen and oxygen atoms in total. The van der Waals surface area contributed by atoms with E-state index in [1.165, 1.54) is 0 Å². The van der Waals surface area contributed by atoms with E-state index in [1.54, 1.807) is 12.1 Å². The van der Waals surface area contributed by atoms with E-state index >= 15 is 0 Å². The standard InChI is InChI=1S/C20H17BrClN3O2/c21-16-3-1-2-15(12-16)20(26)25-10-8-14(9-11-25)19-23-18(24-27-19)13-4-6-17(22)7-5-13/h1-7,12,14H,8-11H2. The minimum Gasteiger partial charge on any atom is -0.339 e. The number of carbonyl (C=O) groups excluding carboxylic acids is 1. The lowest BCUT2D eigenvalue weighted by Crippen LogP contribution is -2.38. The highest BCUT2D eigenvalue weighted by Gasteiger charge is 2.28. The number of hydrogen-bond donors (Lipinski definition) is 0. The Labute approximate surface area is 170 Å². The molecular formula is C20H17BrClN3O2. The highest BCUT2D eigenvalue weighted by Crippen LogP contribution is 2.29. The number of aromatic nitrogens is 2. The first-order valence-electron chi connectivity index (χ1n) is 8.74. The Morgan fingerprint density at radius 1 is 1.15 bits per heavy atom. The van der Waals surface area contributed by atoms with Crippen molar-refractivity contribution in [3.8, 4) is 11.4 Å². The lowest BCUT2D eigenvalue weighted by Gasteiger charge is -2.30. The van der Waals surface area contributed by atoms with Gasteiger partial charge in [0.1, 0.15) is 0 Å². The van der Waals surface area contributed by atoms with Gasteiger partial charge in [0.25, 0.3) is 5.91 Å². The van der Waals surface area contributed by atoms with E-state index in [0.29, 0.717) is 35.4 Å². The molecule has 4 rings (SSSR count). The van der Waals surface area contributed by atoms with Gasteiger partial charge < -0.3 is 9.42 Å². The molecule has 0 radical (unpaired) electrons. The summed E-state index contributed by atoms with van der Waals surface area (Å²) in [6.45, 7) is 1.35. The molecule has 1 fully saturated rings. The molecular weight excluding hydrogens is 430 g/mol. The van der Waals surface area contributed by atoms with Gasteiger partial charge in [-0.2, -0.15) is 4.98 Å². The van der Waals surface area contributed by atoms with Crippen molar-refractivity contribution in [3.63, 3.8) is 0 Å². The SMILES string of the molecule is O=C(c1cccc(Br)c1)N1CCC(c2nc(-c3ccc(Cl)cc3)no2)CC1. The first kappa shape index (κ1) is 18.2. The molecule has 2 heterocycles. The lowest BCUT2D eigenvalue weighted by atomic mass is 9.96. The number of likely N-dealkylation sites (tertiary alicyclic amines) is 1. The molecule has 0 spiro atoms. The fourth-order valence-corrected chi connectivity index (χ4v) is 3.78. The third-order valence-electron chi connectivity index (χ3n) is 4.75. The largest absolute Gasteiger partial charge is 0.339 e. The fraction of sp³-hybridized carbons (Fsp3) is 0.250. The van der Waals surface area contributed by atoms with Crippen molar-refractivity contribution in [2.45, 2.75) is 18.8 Å². The van der Waals surface area contributed by atoms with E-state index in [-0.39, 0.29) is 11.8 Å². The summed E-state index contributed by atoms with van der Waals surface area (Å²) in [5.41, 5.74) is 1.57. The molecule has 7 heteroatoms. The maximum absolute atomic E-state index is 12.7. The number of rotatable bonds is 3. The number of benzene rings is 2. The smallest absolute Gasteiger partial charge is 0.253 e. The predicted molar refractivity (Wildman–Crippen MR) is 107 cm³/mol. The molecule has 0 unspecified atom stereocenters. The Bertz CT molecular complexity index is 950. The molecule has 0 saturated carbocycles. The molecule has 2 aromatic carbocycles. The Hall–Kier alpha value is -2.18. The van der Waals surface area contributed by atoms with Gasteiger partial charge in [-0.3, -0.25) is 4.79 Å². The number of halogens is 2. The molecule has 1 aromatic heterocycles. The summed E-state index contributed by atoms with van der Waals surface area (Å²) in [6.07, 6.45) is 1.62. The molecule has 3 aromatic rings. The molecule has 1 amide bonds. The van der Waals surface area contributed by atoms with Gasteiger partial charge in [0.05, 0.1) is 0 Å². The van der Waals surface area contributed by atoms with Crippen LogP contribution in [-0.4, -0.2) is 34.0 Å². The van der Waals surface area contributed by atoms with E-state index in [0.717, 1.165) is 22.9 Å². The van der Waals surface area contributed by atoms with Gasteiger partial charge in [-0.25, -0.2) is 0 Å². The predicted octanol–water partition coefficient (Wildman–Crippen LogP) is 5.17. The number of carbonyl (C=O) groups is 1. The summed E-state index contributed by atoms with van der Waals surface area (Å²) in [5.74, 6) is 1.43.